The third-order valence-electron chi connectivity index (χ3n) is 5.01. The Morgan fingerprint density at radius 3 is 2.55 bits per heavy atom. The van der Waals surface area contributed by atoms with E-state index in [1.54, 1.807) is 23.1 Å². The first-order valence-corrected chi connectivity index (χ1v) is 9.60. The van der Waals surface area contributed by atoms with Crippen molar-refractivity contribution in [3.8, 4) is 11.1 Å². The molecule has 0 radical (unpaired) electrons. The van der Waals surface area contributed by atoms with Gasteiger partial charge in [-0.05, 0) is 35.2 Å². The van der Waals surface area contributed by atoms with Gasteiger partial charge in [0.15, 0.2) is 0 Å². The minimum absolute atomic E-state index is 0.239. The molecule has 0 fully saturated rings. The van der Waals surface area contributed by atoms with Crippen LogP contribution in [-0.4, -0.2) is 38.6 Å². The Kier molecular flexibility index (Phi) is 5.42. The van der Waals surface area contributed by atoms with Gasteiger partial charge in [0.2, 0.25) is 0 Å². The molecule has 3 heterocycles. The van der Waals surface area contributed by atoms with Crippen LogP contribution in [0.2, 0.25) is 0 Å². The SMILES string of the molecule is CNC(=O)c1ccc(C(=O)Nc2cc3cc(-c4cnn(C)c4CN)ccc3cn2)cn1. The first-order valence-electron chi connectivity index (χ1n) is 9.60. The Hall–Kier alpha value is -4.11. The molecule has 4 rings (SSSR count). The van der Waals surface area contributed by atoms with Crippen LogP contribution in [0.1, 0.15) is 26.5 Å². The first-order chi connectivity index (χ1) is 15.0. The molecule has 0 aliphatic heterocycles. The van der Waals surface area contributed by atoms with Gasteiger partial charge in [-0.15, -0.1) is 0 Å². The summed E-state index contributed by atoms with van der Waals surface area (Å²) in [5, 5.41) is 11.4. The number of nitrogens with two attached hydrogens (primary N) is 1. The fourth-order valence-electron chi connectivity index (χ4n) is 3.30. The Labute approximate surface area is 178 Å². The molecule has 0 aliphatic rings. The Morgan fingerprint density at radius 1 is 1.00 bits per heavy atom. The van der Waals surface area contributed by atoms with E-state index in [1.807, 2.05) is 31.3 Å². The molecule has 1 aromatic carbocycles. The van der Waals surface area contributed by atoms with Crippen molar-refractivity contribution in [2.45, 2.75) is 6.54 Å². The lowest BCUT2D eigenvalue weighted by molar-refractivity contribution is 0.0955. The standard InChI is InChI=1S/C22H21N7O2/c1-24-22(31)18-6-5-15(11-25-18)21(30)28-20-8-16-7-13(3-4-14(16)10-26-20)17-12-27-29(2)19(17)9-23/h3-8,10-12H,9,23H2,1-2H3,(H,24,31)(H,26,28,30). The van der Waals surface area contributed by atoms with Gasteiger partial charge in [0.1, 0.15) is 11.5 Å². The lowest BCUT2D eigenvalue weighted by Gasteiger charge is -2.08. The molecule has 4 N–H and O–H groups in total. The summed E-state index contributed by atoms with van der Waals surface area (Å²) in [5.74, 6) is -0.266. The zero-order valence-electron chi connectivity index (χ0n) is 17.1. The monoisotopic (exact) mass is 415 g/mol. The van der Waals surface area contributed by atoms with Gasteiger partial charge in [-0.1, -0.05) is 12.1 Å². The summed E-state index contributed by atoms with van der Waals surface area (Å²) in [6.45, 7) is 0.383. The van der Waals surface area contributed by atoms with E-state index >= 15 is 0 Å². The van der Waals surface area contributed by atoms with E-state index < -0.39 is 0 Å². The number of pyridine rings is 2. The fourth-order valence-corrected chi connectivity index (χ4v) is 3.30. The van der Waals surface area contributed by atoms with Gasteiger partial charge in [-0.25, -0.2) is 4.98 Å². The van der Waals surface area contributed by atoms with E-state index in [-0.39, 0.29) is 17.5 Å². The van der Waals surface area contributed by atoms with E-state index in [2.05, 4.69) is 25.7 Å². The number of anilines is 1. The van der Waals surface area contributed by atoms with Crippen molar-refractivity contribution in [3.63, 3.8) is 0 Å². The summed E-state index contributed by atoms with van der Waals surface area (Å²) < 4.78 is 1.77. The molecule has 4 aromatic rings. The average Bonchev–Trinajstić information content (AvgIpc) is 3.18. The van der Waals surface area contributed by atoms with Crippen LogP contribution in [0.5, 0.6) is 0 Å². The quantitative estimate of drug-likeness (QED) is 0.458. The lowest BCUT2D eigenvalue weighted by Crippen LogP contribution is -2.20. The number of rotatable bonds is 5. The minimum Gasteiger partial charge on any atom is -0.354 e. The van der Waals surface area contributed by atoms with Crippen molar-refractivity contribution in [1.29, 1.82) is 0 Å². The van der Waals surface area contributed by atoms with Crippen LogP contribution in [0.4, 0.5) is 5.82 Å². The predicted octanol–water partition coefficient (Wildman–Crippen LogP) is 2.10. The zero-order chi connectivity index (χ0) is 22.0. The molecule has 0 unspecified atom stereocenters. The Balaban J connectivity index is 1.59. The third kappa shape index (κ3) is 3.99. The zero-order valence-corrected chi connectivity index (χ0v) is 17.1. The van der Waals surface area contributed by atoms with Crippen molar-refractivity contribution in [2.75, 3.05) is 12.4 Å². The summed E-state index contributed by atoms with van der Waals surface area (Å²) in [7, 11) is 3.38. The van der Waals surface area contributed by atoms with E-state index in [0.29, 0.717) is 17.9 Å². The number of fused-ring (bicyclic) bond motifs is 1. The van der Waals surface area contributed by atoms with Crippen LogP contribution in [0.25, 0.3) is 21.9 Å². The molecule has 31 heavy (non-hydrogen) atoms. The molecule has 0 aliphatic carbocycles. The second-order valence-electron chi connectivity index (χ2n) is 6.93. The number of benzene rings is 1. The van der Waals surface area contributed by atoms with Gasteiger partial charge < -0.3 is 16.4 Å². The maximum Gasteiger partial charge on any atom is 0.269 e. The van der Waals surface area contributed by atoms with Crippen molar-refractivity contribution in [1.82, 2.24) is 25.1 Å². The molecule has 9 heteroatoms. The topological polar surface area (TPSA) is 128 Å². The van der Waals surface area contributed by atoms with Crippen molar-refractivity contribution >= 4 is 28.4 Å². The molecule has 9 nitrogen and oxygen atoms in total. The van der Waals surface area contributed by atoms with E-state index in [9.17, 15) is 9.59 Å². The predicted molar refractivity (Wildman–Crippen MR) is 117 cm³/mol. The molecule has 156 valence electrons. The summed E-state index contributed by atoms with van der Waals surface area (Å²) in [5.41, 5.74) is 9.33. The van der Waals surface area contributed by atoms with Crippen LogP contribution in [-0.2, 0) is 13.6 Å². The number of amides is 2. The van der Waals surface area contributed by atoms with Gasteiger partial charge in [-0.3, -0.25) is 19.3 Å². The minimum atomic E-state index is -0.364. The Morgan fingerprint density at radius 2 is 1.84 bits per heavy atom. The van der Waals surface area contributed by atoms with E-state index in [4.69, 9.17) is 5.73 Å². The summed E-state index contributed by atoms with van der Waals surface area (Å²) in [6.07, 6.45) is 4.85. The summed E-state index contributed by atoms with van der Waals surface area (Å²) >= 11 is 0. The van der Waals surface area contributed by atoms with Crippen LogP contribution >= 0.6 is 0 Å². The van der Waals surface area contributed by atoms with Crippen LogP contribution in [0, 0.1) is 0 Å². The number of aryl methyl sites for hydroxylation is 1. The molecule has 0 bridgehead atoms. The second kappa shape index (κ2) is 8.33. The smallest absolute Gasteiger partial charge is 0.269 e. The highest BCUT2D eigenvalue weighted by molar-refractivity contribution is 6.05. The fraction of sp³-hybridized carbons (Fsp3) is 0.136. The number of carbonyl (C=O) groups excluding carboxylic acids is 2. The second-order valence-corrected chi connectivity index (χ2v) is 6.93. The highest BCUT2D eigenvalue weighted by Crippen LogP contribution is 2.27. The maximum atomic E-state index is 12.6. The van der Waals surface area contributed by atoms with E-state index in [0.717, 1.165) is 27.6 Å². The summed E-state index contributed by atoms with van der Waals surface area (Å²) in [6, 6.07) is 10.8. The molecule has 2 amide bonds. The normalized spacial score (nSPS) is 10.8. The number of carbonyl (C=O) groups is 2. The van der Waals surface area contributed by atoms with E-state index in [1.165, 1.54) is 19.3 Å². The van der Waals surface area contributed by atoms with Crippen LogP contribution in [0.3, 0.4) is 0 Å². The lowest BCUT2D eigenvalue weighted by atomic mass is 10.0. The largest absolute Gasteiger partial charge is 0.354 e. The molecular formula is C22H21N7O2. The molecule has 3 aromatic heterocycles. The van der Waals surface area contributed by atoms with Gasteiger partial charge in [0.05, 0.1) is 17.5 Å². The molecule has 0 spiro atoms. The molecule has 0 saturated heterocycles. The maximum absolute atomic E-state index is 12.6. The number of hydrogen-bond acceptors (Lipinski definition) is 6. The van der Waals surface area contributed by atoms with Gasteiger partial charge >= 0.3 is 0 Å². The number of nitrogens with zero attached hydrogens (tertiary/aromatic N) is 4. The van der Waals surface area contributed by atoms with Crippen LogP contribution in [0.15, 0.2) is 55.0 Å². The first kappa shape index (κ1) is 20.2. The summed E-state index contributed by atoms with van der Waals surface area (Å²) in [4.78, 5) is 32.5. The van der Waals surface area contributed by atoms with Gasteiger partial charge in [-0.2, -0.15) is 5.10 Å². The highest BCUT2D eigenvalue weighted by Gasteiger charge is 2.12. The highest BCUT2D eigenvalue weighted by atomic mass is 16.2. The number of hydrogen-bond donors (Lipinski definition) is 3. The van der Waals surface area contributed by atoms with Crippen molar-refractivity contribution in [2.24, 2.45) is 12.8 Å². The van der Waals surface area contributed by atoms with Gasteiger partial charge in [0, 0.05) is 44.0 Å². The number of aromatic nitrogens is 4. The van der Waals surface area contributed by atoms with Crippen molar-refractivity contribution in [3.05, 3.63) is 71.9 Å². The molecule has 0 saturated carbocycles. The molecular weight excluding hydrogens is 394 g/mol. The average molecular weight is 415 g/mol. The number of nitrogens with one attached hydrogen (secondary N) is 2. The van der Waals surface area contributed by atoms with Gasteiger partial charge in [0.25, 0.3) is 11.8 Å². The molecule has 0 atom stereocenters. The Bertz CT molecular complexity index is 1280. The third-order valence-corrected chi connectivity index (χ3v) is 5.01. The van der Waals surface area contributed by atoms with Crippen molar-refractivity contribution < 1.29 is 9.59 Å². The van der Waals surface area contributed by atoms with Crippen LogP contribution < -0.4 is 16.4 Å².